The Hall–Kier alpha value is -0.825. The van der Waals surface area contributed by atoms with Crippen molar-refractivity contribution in [1.29, 1.82) is 0 Å². The number of likely N-dealkylation sites (N-methyl/N-ethyl adjacent to an activating group) is 1. The van der Waals surface area contributed by atoms with Gasteiger partial charge in [0.05, 0.1) is 5.54 Å². The van der Waals surface area contributed by atoms with Gasteiger partial charge >= 0.3 is 21.8 Å². The lowest BCUT2D eigenvalue weighted by Crippen LogP contribution is -2.66. The fourth-order valence-electron chi connectivity index (χ4n) is 3.06. The lowest BCUT2D eigenvalue weighted by molar-refractivity contribution is 0.166. The van der Waals surface area contributed by atoms with Crippen molar-refractivity contribution in [1.82, 2.24) is 14.4 Å². The summed E-state index contributed by atoms with van der Waals surface area (Å²) in [5.41, 5.74) is 3.19. The average molecular weight is 375 g/mol. The van der Waals surface area contributed by atoms with E-state index in [1.807, 2.05) is 44.9 Å². The zero-order chi connectivity index (χ0) is 20.9. The second-order valence-electron chi connectivity index (χ2n) is 8.42. The maximum Gasteiger partial charge on any atom is 0.533 e. The first-order valence-corrected chi connectivity index (χ1v) is 9.38. The van der Waals surface area contributed by atoms with Crippen LogP contribution in [-0.2, 0) is 13.7 Å². The van der Waals surface area contributed by atoms with Gasteiger partial charge in [0.25, 0.3) is 0 Å². The molecule has 0 saturated carbocycles. The van der Waals surface area contributed by atoms with E-state index in [0.29, 0.717) is 0 Å². The molecular formula is C18H36B3N3O3. The summed E-state index contributed by atoms with van der Waals surface area (Å²) < 4.78 is 18.1. The van der Waals surface area contributed by atoms with Crippen LogP contribution in [0.15, 0.2) is 34.9 Å². The van der Waals surface area contributed by atoms with E-state index >= 15 is 0 Å². The Morgan fingerprint density at radius 3 is 1.15 bits per heavy atom. The minimum absolute atomic E-state index is 0.466. The molecule has 0 aromatic carbocycles. The van der Waals surface area contributed by atoms with Gasteiger partial charge in [0.2, 0.25) is 0 Å². The highest BCUT2D eigenvalue weighted by atomic mass is 16.7. The van der Waals surface area contributed by atoms with Gasteiger partial charge in [-0.05, 0) is 76.8 Å². The van der Waals surface area contributed by atoms with Crippen LogP contribution in [0.5, 0.6) is 0 Å². The zero-order valence-electron chi connectivity index (χ0n) is 19.0. The third-order valence-corrected chi connectivity index (χ3v) is 4.03. The van der Waals surface area contributed by atoms with Crippen molar-refractivity contribution in [3.63, 3.8) is 0 Å². The smallest absolute Gasteiger partial charge is 0.423 e. The van der Waals surface area contributed by atoms with E-state index in [0.717, 1.165) is 0 Å². The van der Waals surface area contributed by atoms with Crippen LogP contribution in [-0.4, -0.2) is 77.0 Å². The zero-order valence-corrected chi connectivity index (χ0v) is 19.0. The van der Waals surface area contributed by atoms with Crippen molar-refractivity contribution >= 4 is 21.8 Å². The highest BCUT2D eigenvalue weighted by Crippen LogP contribution is 2.28. The van der Waals surface area contributed by atoms with Gasteiger partial charge in [0, 0.05) is 0 Å². The monoisotopic (exact) mass is 375 g/mol. The molecule has 1 aliphatic heterocycles. The molecule has 1 heterocycles. The SMILES string of the molecule is CC(C)=CC(C=C(C)C)(C=C(C)C)N(C)B1OB(N(C)C)OB(N(C)C)O1. The highest BCUT2D eigenvalue weighted by Gasteiger charge is 2.50. The van der Waals surface area contributed by atoms with Crippen molar-refractivity contribution < 1.29 is 13.7 Å². The third kappa shape index (κ3) is 6.93. The molecule has 0 bridgehead atoms. The number of rotatable bonds is 7. The van der Waals surface area contributed by atoms with Gasteiger partial charge < -0.3 is 13.7 Å². The molecule has 0 amide bonds. The second kappa shape index (κ2) is 10.1. The molecule has 0 radical (unpaired) electrons. The van der Waals surface area contributed by atoms with Gasteiger partial charge in [-0.1, -0.05) is 34.9 Å². The summed E-state index contributed by atoms with van der Waals surface area (Å²) in [7, 11) is 8.14. The topological polar surface area (TPSA) is 37.4 Å². The van der Waals surface area contributed by atoms with E-state index in [2.05, 4.69) is 64.6 Å². The molecule has 150 valence electrons. The Labute approximate surface area is 167 Å². The molecule has 0 aliphatic carbocycles. The van der Waals surface area contributed by atoms with Gasteiger partial charge in [0.1, 0.15) is 0 Å². The van der Waals surface area contributed by atoms with Gasteiger partial charge in [-0.2, -0.15) is 0 Å². The number of hydrogen-bond acceptors (Lipinski definition) is 6. The summed E-state index contributed by atoms with van der Waals surface area (Å²) in [6, 6.07) is 0. The molecule has 0 spiro atoms. The Bertz CT molecular complexity index is 520. The van der Waals surface area contributed by atoms with E-state index in [4.69, 9.17) is 13.7 Å². The molecule has 0 unspecified atom stereocenters. The van der Waals surface area contributed by atoms with Gasteiger partial charge in [-0.25, -0.2) is 0 Å². The first kappa shape index (κ1) is 24.2. The van der Waals surface area contributed by atoms with E-state index in [9.17, 15) is 0 Å². The molecule has 9 heteroatoms. The van der Waals surface area contributed by atoms with Crippen LogP contribution in [0.25, 0.3) is 0 Å². The number of hydrogen-bond donors (Lipinski definition) is 0. The predicted octanol–water partition coefficient (Wildman–Crippen LogP) is 2.70. The van der Waals surface area contributed by atoms with Crippen LogP contribution < -0.4 is 0 Å². The Morgan fingerprint density at radius 2 is 0.889 bits per heavy atom. The molecular weight excluding hydrogens is 339 g/mol. The third-order valence-electron chi connectivity index (χ3n) is 4.03. The van der Waals surface area contributed by atoms with Crippen LogP contribution in [0.4, 0.5) is 0 Å². The van der Waals surface area contributed by atoms with E-state index in [1.165, 1.54) is 16.7 Å². The van der Waals surface area contributed by atoms with Crippen LogP contribution in [0.1, 0.15) is 41.5 Å². The number of nitrogens with zero attached hydrogens (tertiary/aromatic N) is 3. The molecule has 0 atom stereocenters. The normalized spacial score (nSPS) is 15.6. The van der Waals surface area contributed by atoms with Crippen LogP contribution in [0, 0.1) is 0 Å². The van der Waals surface area contributed by atoms with E-state index < -0.39 is 27.3 Å². The molecule has 1 aliphatic rings. The van der Waals surface area contributed by atoms with Crippen molar-refractivity contribution in [2.24, 2.45) is 0 Å². The summed E-state index contributed by atoms with van der Waals surface area (Å²) >= 11 is 0. The van der Waals surface area contributed by atoms with E-state index in [-0.39, 0.29) is 0 Å². The number of allylic oxidation sites excluding steroid dienone is 3. The van der Waals surface area contributed by atoms with Crippen LogP contribution in [0.2, 0.25) is 0 Å². The minimum Gasteiger partial charge on any atom is -0.423 e. The van der Waals surface area contributed by atoms with Crippen LogP contribution >= 0.6 is 0 Å². The summed E-state index contributed by atoms with van der Waals surface area (Å²) in [4.78, 5) is 5.89. The quantitative estimate of drug-likeness (QED) is 0.504. The molecule has 27 heavy (non-hydrogen) atoms. The Morgan fingerprint density at radius 1 is 0.593 bits per heavy atom. The molecule has 0 aromatic rings. The second-order valence-corrected chi connectivity index (χ2v) is 8.42. The van der Waals surface area contributed by atoms with Crippen molar-refractivity contribution in [3.05, 3.63) is 34.9 Å². The fourth-order valence-corrected chi connectivity index (χ4v) is 3.06. The molecule has 0 N–H and O–H groups in total. The Kier molecular flexibility index (Phi) is 9.05. The summed E-state index contributed by atoms with van der Waals surface area (Å²) in [6.45, 7) is 12.7. The molecule has 0 aromatic heterocycles. The summed E-state index contributed by atoms with van der Waals surface area (Å²) in [6.07, 6.45) is 6.72. The van der Waals surface area contributed by atoms with Gasteiger partial charge in [-0.15, -0.1) is 0 Å². The van der Waals surface area contributed by atoms with E-state index in [1.54, 1.807) is 0 Å². The fraction of sp³-hybridized carbons (Fsp3) is 0.667. The first-order valence-electron chi connectivity index (χ1n) is 9.38. The standard InChI is InChI=1S/C18H36B3N3O3/c1-15(2)12-18(13-16(3)4,14-17(5)6)24(11)21-26-19(22(7)8)25-20(27-21)23(9)10/h12-14H,1-11H3. The van der Waals surface area contributed by atoms with Crippen LogP contribution in [0.3, 0.4) is 0 Å². The molecule has 1 saturated heterocycles. The molecule has 1 rings (SSSR count). The Balaban J connectivity index is 3.41. The van der Waals surface area contributed by atoms with Crippen molar-refractivity contribution in [2.45, 2.75) is 47.1 Å². The average Bonchev–Trinajstić information content (AvgIpc) is 2.51. The molecule has 6 nitrogen and oxygen atoms in total. The van der Waals surface area contributed by atoms with Gasteiger partial charge in [0.15, 0.2) is 0 Å². The lowest BCUT2D eigenvalue weighted by atomic mass is 9.79. The highest BCUT2D eigenvalue weighted by molar-refractivity contribution is 6.70. The lowest BCUT2D eigenvalue weighted by Gasteiger charge is -2.43. The maximum atomic E-state index is 6.13. The minimum atomic E-state index is -0.583. The van der Waals surface area contributed by atoms with Gasteiger partial charge in [-0.3, -0.25) is 14.4 Å². The summed E-state index contributed by atoms with van der Waals surface area (Å²) in [5.74, 6) is 0. The summed E-state index contributed by atoms with van der Waals surface area (Å²) in [5, 5.41) is 0. The maximum absolute atomic E-state index is 6.13. The predicted molar refractivity (Wildman–Crippen MR) is 117 cm³/mol. The molecule has 1 fully saturated rings. The largest absolute Gasteiger partial charge is 0.533 e. The van der Waals surface area contributed by atoms with Crippen molar-refractivity contribution in [3.8, 4) is 0 Å². The van der Waals surface area contributed by atoms with Crippen molar-refractivity contribution in [2.75, 3.05) is 35.2 Å². The first-order chi connectivity index (χ1) is 12.4.